The number of carbonyl (C=O) groups excluding carboxylic acids is 7. The third kappa shape index (κ3) is 19.8. The molecule has 4 aliphatic heterocycles. The zero-order valence-corrected chi connectivity index (χ0v) is 51.4. The molecule has 22 heteroatoms. The number of piperidine rings is 1. The molecule has 4 unspecified atom stereocenters. The third-order valence-corrected chi connectivity index (χ3v) is 17.0. The van der Waals surface area contributed by atoms with Gasteiger partial charge in [0.1, 0.15) is 49.5 Å². The number of aliphatic hydroxyl groups is 3. The van der Waals surface area contributed by atoms with E-state index in [-0.39, 0.29) is 56.4 Å². The molecule has 0 radical (unpaired) electrons. The first kappa shape index (κ1) is 69.9. The topological polar surface area (TPSA) is 285 Å². The van der Waals surface area contributed by atoms with Crippen molar-refractivity contribution in [2.45, 2.75) is 212 Å². The van der Waals surface area contributed by atoms with Crippen LogP contribution >= 0.6 is 0 Å². The average molecular weight is 1190 g/mol. The number of hydrogen-bond donors (Lipinski definition) is 3. The van der Waals surface area contributed by atoms with Crippen molar-refractivity contribution in [2.24, 2.45) is 35.5 Å². The van der Waals surface area contributed by atoms with E-state index in [4.69, 9.17) is 52.1 Å². The summed E-state index contributed by atoms with van der Waals surface area (Å²) < 4.78 is 63.3. The fourth-order valence-electron chi connectivity index (χ4n) is 11.9. The molecule has 4 heterocycles. The van der Waals surface area contributed by atoms with Crippen LogP contribution in [0.2, 0.25) is 0 Å². The van der Waals surface area contributed by atoms with Gasteiger partial charge < -0.3 is 72.3 Å². The van der Waals surface area contributed by atoms with E-state index in [0.717, 1.165) is 10.5 Å². The number of rotatable bonds is 13. The molecular weight excluding hydrogens is 1090 g/mol. The summed E-state index contributed by atoms with van der Waals surface area (Å²) in [7, 11) is 4.36. The van der Waals surface area contributed by atoms with Gasteiger partial charge in [-0.05, 0) is 121 Å². The Morgan fingerprint density at radius 2 is 1.54 bits per heavy atom. The molecule has 3 N–H and O–H groups in total. The molecule has 0 aromatic rings. The number of cyclic esters (lactones) is 1. The van der Waals surface area contributed by atoms with Crippen LogP contribution in [0, 0.1) is 35.5 Å². The number of hydrogen-bond acceptors (Lipinski definition) is 21. The Hall–Kier alpha value is -4.91. The van der Waals surface area contributed by atoms with Gasteiger partial charge >= 0.3 is 18.3 Å². The van der Waals surface area contributed by atoms with Gasteiger partial charge in [-0.1, -0.05) is 71.1 Å². The highest BCUT2D eigenvalue weighted by atomic mass is 16.8. The van der Waals surface area contributed by atoms with Gasteiger partial charge in [0, 0.05) is 58.5 Å². The average Bonchev–Trinajstić information content (AvgIpc) is 3.37. The smallest absolute Gasteiger partial charge is 0.460 e. The minimum atomic E-state index is -2.50. The Morgan fingerprint density at radius 1 is 0.810 bits per heavy atom. The van der Waals surface area contributed by atoms with Crippen molar-refractivity contribution in [2.75, 3.05) is 54.3 Å². The first-order valence-electron chi connectivity index (χ1n) is 29.8. The van der Waals surface area contributed by atoms with Crippen LogP contribution in [0.3, 0.4) is 0 Å². The van der Waals surface area contributed by atoms with Crippen LogP contribution in [0.1, 0.15) is 139 Å². The normalized spacial score (nSPS) is 36.6. The van der Waals surface area contributed by atoms with Gasteiger partial charge in [-0.15, -0.1) is 0 Å². The van der Waals surface area contributed by atoms with Crippen molar-refractivity contribution in [3.63, 3.8) is 0 Å². The molecule has 3 saturated heterocycles. The molecule has 1 aliphatic carbocycles. The molecule has 1 saturated carbocycles. The predicted molar refractivity (Wildman–Crippen MR) is 304 cm³/mol. The Kier molecular flexibility index (Phi) is 27.2. The van der Waals surface area contributed by atoms with Gasteiger partial charge in [-0.3, -0.25) is 19.2 Å². The van der Waals surface area contributed by atoms with Crippen LogP contribution in [-0.4, -0.2) is 189 Å². The van der Waals surface area contributed by atoms with Crippen LogP contribution in [0.15, 0.2) is 47.6 Å². The number of ether oxygens (including phenoxy) is 11. The number of carbonyl (C=O) groups is 7. The lowest BCUT2D eigenvalue weighted by molar-refractivity contribution is -0.265. The van der Waals surface area contributed by atoms with Crippen LogP contribution in [0.5, 0.6) is 0 Å². The highest BCUT2D eigenvalue weighted by molar-refractivity contribution is 6.39. The predicted octanol–water partition coefficient (Wildman–Crippen LogP) is 7.01. The van der Waals surface area contributed by atoms with E-state index in [1.165, 1.54) is 20.3 Å². The second-order valence-corrected chi connectivity index (χ2v) is 24.2. The number of ketones is 3. The van der Waals surface area contributed by atoms with Crippen molar-refractivity contribution < 1.29 is 101 Å². The first-order valence-corrected chi connectivity index (χ1v) is 29.8. The number of aliphatic hydroxyl groups excluding tert-OH is 2. The third-order valence-electron chi connectivity index (χ3n) is 17.0. The lowest BCUT2D eigenvalue weighted by atomic mass is 9.78. The Balaban J connectivity index is 1.48. The van der Waals surface area contributed by atoms with Crippen molar-refractivity contribution in [3.05, 3.63) is 47.6 Å². The number of amides is 1. The van der Waals surface area contributed by atoms with Crippen LogP contribution in [0.4, 0.5) is 9.59 Å². The summed E-state index contributed by atoms with van der Waals surface area (Å²) in [6.07, 6.45) is 4.69. The summed E-state index contributed by atoms with van der Waals surface area (Å²) in [5.74, 6) is -10.3. The maximum atomic E-state index is 14.8. The molecule has 0 spiro atoms. The number of methoxy groups -OCH3 is 3. The zero-order chi connectivity index (χ0) is 62.1. The number of Topliss-reactive ketones (excluding diaryl/α,β-unsaturated/α-hetero) is 3. The summed E-state index contributed by atoms with van der Waals surface area (Å²) in [6.45, 7) is 14.7. The van der Waals surface area contributed by atoms with E-state index in [1.54, 1.807) is 48.7 Å². The minimum Gasteiger partial charge on any atom is -0.460 e. The largest absolute Gasteiger partial charge is 0.509 e. The molecule has 474 valence electrons. The van der Waals surface area contributed by atoms with E-state index in [2.05, 4.69) is 0 Å². The number of esters is 1. The van der Waals surface area contributed by atoms with Crippen LogP contribution < -0.4 is 0 Å². The summed E-state index contributed by atoms with van der Waals surface area (Å²) in [5.41, 5.74) is 1.07. The summed E-state index contributed by atoms with van der Waals surface area (Å²) >= 11 is 0. The summed E-state index contributed by atoms with van der Waals surface area (Å²) in [6, 6.07) is -1.25. The van der Waals surface area contributed by atoms with Crippen molar-refractivity contribution in [1.82, 2.24) is 4.90 Å². The monoisotopic (exact) mass is 1190 g/mol. The maximum Gasteiger partial charge on any atom is 0.509 e. The lowest BCUT2D eigenvalue weighted by Gasteiger charge is -2.42. The van der Waals surface area contributed by atoms with Crippen LogP contribution in [-0.2, 0) is 76.1 Å². The molecule has 2 bridgehead atoms. The van der Waals surface area contributed by atoms with Gasteiger partial charge in [-0.25, -0.2) is 14.4 Å². The van der Waals surface area contributed by atoms with Crippen molar-refractivity contribution in [3.8, 4) is 0 Å². The van der Waals surface area contributed by atoms with Gasteiger partial charge in [0.05, 0.1) is 31.5 Å². The fourth-order valence-corrected chi connectivity index (χ4v) is 11.9. The molecule has 17 atom stereocenters. The quantitative estimate of drug-likeness (QED) is 0.0723. The highest BCUT2D eigenvalue weighted by Gasteiger charge is 2.53. The second-order valence-electron chi connectivity index (χ2n) is 24.2. The molecule has 4 fully saturated rings. The molecular formula is C62H95NO21. The molecule has 84 heavy (non-hydrogen) atoms. The molecule has 5 rings (SSSR count). The minimum absolute atomic E-state index is 0.0105. The fraction of sp³-hybridized carbons (Fsp3) is 0.758. The maximum absolute atomic E-state index is 14.8. The number of fused-ring (bicyclic) bond motifs is 3. The van der Waals surface area contributed by atoms with Gasteiger partial charge in [0.15, 0.2) is 23.8 Å². The molecule has 0 aromatic carbocycles. The zero-order valence-electron chi connectivity index (χ0n) is 51.4. The standard InChI is InChI=1S/C62H95NO21/c1-36-18-14-13-15-19-37(2)50(74-10)30-45-23-21-42(7)62(73,84-45)56(68)57(69)63-25-17-16-20-47(63)58(70)80-51(39(4)28-43-22-24-49(52(29-43)75-11)81-59(71)78-34-46-35-79-61(8,9)83-46)31-48(66)38(3)27-41(6)54(55(76-12)53(67)40(5)26-36)82-60(72)77-33-44(65)32-64/h13-15,18-19,27,36,38-40,42-47,49-52,54-55,64-65,73H,16-17,20-26,28-35H2,1-12H3/b15-13+,18-14+,37-19+,41-27+/t36-,38-,39-,40-,42-,43+,44?,45?,46?,47?,49-,50+,51+,52-,54-,55+,62-/m1/s1. The summed E-state index contributed by atoms with van der Waals surface area (Å²) in [5, 5.41) is 31.4. The second kappa shape index (κ2) is 32.7. The van der Waals surface area contributed by atoms with Crippen LogP contribution in [0.25, 0.3) is 0 Å². The Bertz CT molecular complexity index is 2350. The molecule has 22 nitrogen and oxygen atoms in total. The molecule has 1 amide bonds. The number of nitrogens with zero attached hydrogens (tertiary/aromatic N) is 1. The van der Waals surface area contributed by atoms with Gasteiger partial charge in [-0.2, -0.15) is 0 Å². The Labute approximate surface area is 495 Å². The Morgan fingerprint density at radius 3 is 2.20 bits per heavy atom. The van der Waals surface area contributed by atoms with Crippen molar-refractivity contribution in [1.29, 1.82) is 0 Å². The number of allylic oxidation sites excluding steroid dienone is 6. The first-order chi connectivity index (χ1) is 39.7. The summed E-state index contributed by atoms with van der Waals surface area (Å²) in [4.78, 5) is 99.9. The van der Waals surface area contributed by atoms with E-state index in [0.29, 0.717) is 57.8 Å². The highest BCUT2D eigenvalue weighted by Crippen LogP contribution is 2.38. The van der Waals surface area contributed by atoms with Gasteiger partial charge in [0.2, 0.25) is 5.79 Å². The molecule has 5 aliphatic rings. The van der Waals surface area contributed by atoms with Crippen molar-refractivity contribution >= 4 is 41.5 Å². The molecule has 0 aromatic heterocycles. The van der Waals surface area contributed by atoms with E-state index in [9.17, 15) is 48.9 Å². The lowest BCUT2D eigenvalue weighted by Crippen LogP contribution is -2.61. The van der Waals surface area contributed by atoms with Gasteiger partial charge in [0.25, 0.3) is 11.7 Å². The van der Waals surface area contributed by atoms with E-state index >= 15 is 0 Å². The van der Waals surface area contributed by atoms with E-state index in [1.807, 2.05) is 51.2 Å². The SMILES string of the molecule is CO[C@H]1CC2CC[C@@H](C)[C@@](O)(O2)C(=O)C(=O)N2CCCCC2C(=O)O[C@H]([C@H](C)C[C@@H]2CC[C@@H](OC(=O)OCC3COC(C)(C)O3)[C@H](OC)C2)CC(=O)[C@H](C)/C=C(\C)[C@@H](OC(=O)OCC(O)CO)[C@@H](OC)C(=O)[C@H](C)C[C@H](C)/C=C/C=C/C=C/1C. The van der Waals surface area contributed by atoms with E-state index < -0.39 is 151 Å².